The van der Waals surface area contributed by atoms with Crippen LogP contribution < -0.4 is 0 Å². The molecular formula is C28H57FO3S. The highest BCUT2D eigenvalue weighted by Gasteiger charge is 2.42. The number of alkyl halides is 1. The molecule has 0 saturated heterocycles. The molecule has 0 fully saturated rings. The third kappa shape index (κ3) is 19.8. The molecule has 0 bridgehead atoms. The van der Waals surface area contributed by atoms with Crippen molar-refractivity contribution in [3.8, 4) is 0 Å². The van der Waals surface area contributed by atoms with Gasteiger partial charge in [-0.25, -0.2) is 4.39 Å². The molecule has 0 aliphatic rings. The van der Waals surface area contributed by atoms with Gasteiger partial charge in [0, 0.05) is 0 Å². The molecule has 3 nitrogen and oxygen atoms in total. The molecule has 200 valence electrons. The highest BCUT2D eigenvalue weighted by molar-refractivity contribution is 7.87. The van der Waals surface area contributed by atoms with Crippen LogP contribution in [-0.4, -0.2) is 18.0 Å². The minimum Gasteiger partial charge on any atom is -0.283 e. The van der Waals surface area contributed by atoms with Gasteiger partial charge < -0.3 is 0 Å². The third-order valence-electron chi connectivity index (χ3n) is 7.02. The number of hydrogen-bond donors (Lipinski definition) is 1. The van der Waals surface area contributed by atoms with Crippen LogP contribution in [0.2, 0.25) is 0 Å². The second-order valence-corrected chi connectivity index (χ2v) is 12.0. The number of hydrogen-bond acceptors (Lipinski definition) is 2. The molecule has 0 aliphatic carbocycles. The zero-order valence-electron chi connectivity index (χ0n) is 22.2. The van der Waals surface area contributed by atoms with Crippen LogP contribution in [0, 0.1) is 0 Å². The van der Waals surface area contributed by atoms with Crippen LogP contribution >= 0.6 is 0 Å². The van der Waals surface area contributed by atoms with Gasteiger partial charge in [-0.3, -0.25) is 4.55 Å². The van der Waals surface area contributed by atoms with E-state index >= 15 is 4.39 Å². The van der Waals surface area contributed by atoms with Crippen LogP contribution in [-0.2, 0) is 10.1 Å². The fraction of sp³-hybridized carbons (Fsp3) is 1.00. The number of unbranched alkanes of at least 4 members (excludes halogenated alkanes) is 21. The van der Waals surface area contributed by atoms with E-state index in [1.807, 2.05) is 0 Å². The van der Waals surface area contributed by atoms with Gasteiger partial charge in [0.2, 0.25) is 5.00 Å². The first kappa shape index (κ1) is 32.8. The first-order valence-corrected chi connectivity index (χ1v) is 16.0. The van der Waals surface area contributed by atoms with Gasteiger partial charge in [-0.05, 0) is 25.7 Å². The molecule has 0 saturated carbocycles. The monoisotopic (exact) mass is 492 g/mol. The van der Waals surface area contributed by atoms with Crippen molar-refractivity contribution in [2.45, 2.75) is 179 Å². The fourth-order valence-electron chi connectivity index (χ4n) is 4.67. The Morgan fingerprint density at radius 3 is 0.909 bits per heavy atom. The summed E-state index contributed by atoms with van der Waals surface area (Å²) in [5, 5.41) is -2.45. The lowest BCUT2D eigenvalue weighted by Gasteiger charge is -2.22. The predicted octanol–water partition coefficient (Wildman–Crippen LogP) is 10.3. The standard InChI is InChI=1S/C28H57FO3S/c1-3-5-7-9-11-13-14-15-16-17-19-21-23-25-27-28(29,33(30,31)32)26-24-22-20-18-12-10-8-6-4-2/h3-27H2,1-2H3,(H,30,31,32). The molecule has 33 heavy (non-hydrogen) atoms. The molecule has 1 unspecified atom stereocenters. The Morgan fingerprint density at radius 1 is 0.485 bits per heavy atom. The molecule has 0 aromatic carbocycles. The van der Waals surface area contributed by atoms with Gasteiger partial charge >= 0.3 is 0 Å². The van der Waals surface area contributed by atoms with Gasteiger partial charge in [-0.15, -0.1) is 0 Å². The third-order valence-corrected chi connectivity index (χ3v) is 8.35. The molecule has 0 rings (SSSR count). The van der Waals surface area contributed by atoms with E-state index in [1.165, 1.54) is 96.3 Å². The quantitative estimate of drug-likeness (QED) is 0.0964. The van der Waals surface area contributed by atoms with E-state index in [-0.39, 0.29) is 12.8 Å². The fourth-order valence-corrected chi connectivity index (χ4v) is 5.47. The summed E-state index contributed by atoms with van der Waals surface area (Å²) in [5.74, 6) is 0. The van der Waals surface area contributed by atoms with E-state index in [4.69, 9.17) is 0 Å². The van der Waals surface area contributed by atoms with Crippen molar-refractivity contribution < 1.29 is 17.4 Å². The van der Waals surface area contributed by atoms with E-state index in [1.54, 1.807) is 0 Å². The van der Waals surface area contributed by atoms with Crippen LogP contribution in [0.15, 0.2) is 0 Å². The van der Waals surface area contributed by atoms with E-state index in [0.717, 1.165) is 38.5 Å². The summed E-state index contributed by atoms with van der Waals surface area (Å²) in [7, 11) is -4.66. The van der Waals surface area contributed by atoms with E-state index in [2.05, 4.69) is 13.8 Å². The first-order valence-electron chi connectivity index (χ1n) is 14.5. The zero-order chi connectivity index (χ0) is 24.7. The predicted molar refractivity (Wildman–Crippen MR) is 142 cm³/mol. The first-order chi connectivity index (χ1) is 15.9. The smallest absolute Gasteiger partial charge is 0.283 e. The summed E-state index contributed by atoms with van der Waals surface area (Å²) >= 11 is 0. The summed E-state index contributed by atoms with van der Waals surface area (Å²) in [4.78, 5) is 0. The highest BCUT2D eigenvalue weighted by Crippen LogP contribution is 2.32. The summed E-state index contributed by atoms with van der Waals surface area (Å²) < 4.78 is 47.8. The molecule has 1 atom stereocenters. The van der Waals surface area contributed by atoms with Crippen molar-refractivity contribution >= 4 is 10.1 Å². The largest absolute Gasteiger partial charge is 0.300 e. The Hall–Kier alpha value is -0.160. The Bertz CT molecular complexity index is 509. The van der Waals surface area contributed by atoms with E-state index < -0.39 is 15.1 Å². The van der Waals surface area contributed by atoms with E-state index in [0.29, 0.717) is 12.8 Å². The van der Waals surface area contributed by atoms with Crippen molar-refractivity contribution in [2.24, 2.45) is 0 Å². The maximum absolute atomic E-state index is 15.0. The van der Waals surface area contributed by atoms with Crippen LogP contribution in [0.4, 0.5) is 4.39 Å². The normalized spacial score (nSPS) is 13.9. The molecule has 1 N–H and O–H groups in total. The summed E-state index contributed by atoms with van der Waals surface area (Å²) in [5.41, 5.74) is 0. The minimum atomic E-state index is -4.66. The van der Waals surface area contributed by atoms with Crippen molar-refractivity contribution in [2.75, 3.05) is 0 Å². The molecule has 0 aromatic heterocycles. The van der Waals surface area contributed by atoms with Gasteiger partial charge in [0.05, 0.1) is 0 Å². The van der Waals surface area contributed by atoms with Crippen LogP contribution in [0.5, 0.6) is 0 Å². The molecule has 0 heterocycles. The topological polar surface area (TPSA) is 54.4 Å². The second kappa shape index (κ2) is 22.3. The van der Waals surface area contributed by atoms with Crippen molar-refractivity contribution in [3.63, 3.8) is 0 Å². The Labute approximate surface area is 206 Å². The number of halogens is 1. The summed E-state index contributed by atoms with van der Waals surface area (Å²) in [6.45, 7) is 4.46. The van der Waals surface area contributed by atoms with Crippen LogP contribution in [0.3, 0.4) is 0 Å². The summed E-state index contributed by atoms with van der Waals surface area (Å²) in [6, 6.07) is 0. The minimum absolute atomic E-state index is 0.0686. The van der Waals surface area contributed by atoms with Crippen molar-refractivity contribution in [3.05, 3.63) is 0 Å². The van der Waals surface area contributed by atoms with E-state index in [9.17, 15) is 13.0 Å². The molecule has 5 heteroatoms. The maximum atomic E-state index is 15.0. The number of rotatable bonds is 26. The lowest BCUT2D eigenvalue weighted by molar-refractivity contribution is 0.203. The Morgan fingerprint density at radius 2 is 0.697 bits per heavy atom. The van der Waals surface area contributed by atoms with Crippen LogP contribution in [0.1, 0.15) is 174 Å². The molecule has 0 aromatic rings. The van der Waals surface area contributed by atoms with Crippen molar-refractivity contribution in [1.82, 2.24) is 0 Å². The summed E-state index contributed by atoms with van der Waals surface area (Å²) in [6.07, 6.45) is 26.5. The molecule has 0 aliphatic heterocycles. The zero-order valence-corrected chi connectivity index (χ0v) is 23.0. The maximum Gasteiger partial charge on any atom is 0.300 e. The van der Waals surface area contributed by atoms with Crippen LogP contribution in [0.25, 0.3) is 0 Å². The average molecular weight is 493 g/mol. The van der Waals surface area contributed by atoms with Gasteiger partial charge in [0.25, 0.3) is 10.1 Å². The molecule has 0 spiro atoms. The lowest BCUT2D eigenvalue weighted by atomic mass is 10.0. The average Bonchev–Trinajstić information content (AvgIpc) is 2.77. The molecular weight excluding hydrogens is 435 g/mol. The molecule has 0 amide bonds. The lowest BCUT2D eigenvalue weighted by Crippen LogP contribution is -2.33. The second-order valence-electron chi connectivity index (χ2n) is 10.3. The SMILES string of the molecule is CCCCCCCCCCCCCCCCC(F)(CCCCCCCCCCC)S(=O)(=O)O. The van der Waals surface area contributed by atoms with Gasteiger partial charge in [0.1, 0.15) is 0 Å². The van der Waals surface area contributed by atoms with Gasteiger partial charge in [-0.1, -0.05) is 149 Å². The van der Waals surface area contributed by atoms with Crippen molar-refractivity contribution in [1.29, 1.82) is 0 Å². The van der Waals surface area contributed by atoms with Gasteiger partial charge in [0.15, 0.2) is 0 Å². The Kier molecular flexibility index (Phi) is 22.2. The Balaban J connectivity index is 3.74. The van der Waals surface area contributed by atoms with Gasteiger partial charge in [-0.2, -0.15) is 8.42 Å². The molecule has 0 radical (unpaired) electrons. The highest BCUT2D eigenvalue weighted by atomic mass is 32.2.